The number of halogens is 4. The van der Waals surface area contributed by atoms with Gasteiger partial charge in [0.25, 0.3) is 0 Å². The van der Waals surface area contributed by atoms with Crippen LogP contribution in [-0.4, -0.2) is 50.7 Å². The number of guanidine groups is 1. The molecule has 1 aromatic carbocycles. The number of hydrogen-bond acceptors (Lipinski definition) is 3. The summed E-state index contributed by atoms with van der Waals surface area (Å²) in [6.07, 6.45) is -2.45. The van der Waals surface area contributed by atoms with E-state index in [1.54, 1.807) is 7.05 Å². The van der Waals surface area contributed by atoms with Crippen LogP contribution in [-0.2, 0) is 12.7 Å². The first-order valence-corrected chi connectivity index (χ1v) is 9.68. The van der Waals surface area contributed by atoms with Gasteiger partial charge in [0.15, 0.2) is 5.96 Å². The summed E-state index contributed by atoms with van der Waals surface area (Å²) in [4.78, 5) is 6.49. The van der Waals surface area contributed by atoms with Gasteiger partial charge >= 0.3 is 6.18 Å². The molecule has 9 heteroatoms. The molecule has 0 fully saturated rings. The Labute approximate surface area is 189 Å². The van der Waals surface area contributed by atoms with Gasteiger partial charge in [0.05, 0.1) is 12.7 Å². The number of nitrogens with zero attached hydrogens (tertiary/aromatic N) is 2. The second-order valence-electron chi connectivity index (χ2n) is 6.66. The molecule has 0 spiro atoms. The van der Waals surface area contributed by atoms with Crippen molar-refractivity contribution in [3.8, 4) is 5.75 Å². The minimum atomic E-state index is -4.44. The van der Waals surface area contributed by atoms with E-state index < -0.39 is 11.7 Å². The van der Waals surface area contributed by atoms with Gasteiger partial charge in [-0.2, -0.15) is 13.2 Å². The summed E-state index contributed by atoms with van der Waals surface area (Å²) in [6, 6.07) is 4.14. The second kappa shape index (κ2) is 13.9. The van der Waals surface area contributed by atoms with E-state index in [-0.39, 0.29) is 47.9 Å². The molecule has 0 aliphatic rings. The lowest BCUT2D eigenvalue weighted by atomic mass is 10.1. The molecule has 0 saturated heterocycles. The Morgan fingerprint density at radius 3 is 2.41 bits per heavy atom. The molecule has 0 amide bonds. The first-order chi connectivity index (χ1) is 13.2. The number of hydrogen-bond donors (Lipinski definition) is 2. The highest BCUT2D eigenvalue weighted by Gasteiger charge is 2.33. The first-order valence-electron chi connectivity index (χ1n) is 9.68. The van der Waals surface area contributed by atoms with Crippen LogP contribution < -0.4 is 15.4 Å². The Kier molecular flexibility index (Phi) is 13.3. The molecule has 0 bridgehead atoms. The van der Waals surface area contributed by atoms with Crippen molar-refractivity contribution >= 4 is 29.9 Å². The predicted octanol–water partition coefficient (Wildman–Crippen LogP) is 4.51. The van der Waals surface area contributed by atoms with Crippen molar-refractivity contribution in [1.82, 2.24) is 15.5 Å². The Balaban J connectivity index is 0.00000784. The number of nitrogens with one attached hydrogen (secondary N) is 2. The third kappa shape index (κ3) is 9.88. The average Bonchev–Trinajstić information content (AvgIpc) is 2.67. The molecular weight excluding hydrogens is 496 g/mol. The summed E-state index contributed by atoms with van der Waals surface area (Å²) in [5.74, 6) is 0.666. The van der Waals surface area contributed by atoms with E-state index in [1.807, 2.05) is 6.92 Å². The highest BCUT2D eigenvalue weighted by molar-refractivity contribution is 14.0. The molecule has 1 rings (SSSR count). The molecule has 5 nitrogen and oxygen atoms in total. The van der Waals surface area contributed by atoms with Crippen LogP contribution in [0.25, 0.3) is 0 Å². The van der Waals surface area contributed by atoms with Crippen molar-refractivity contribution in [2.45, 2.75) is 52.4 Å². The van der Waals surface area contributed by atoms with E-state index in [1.165, 1.54) is 19.2 Å². The average molecular weight is 530 g/mol. The molecule has 0 aliphatic carbocycles. The van der Waals surface area contributed by atoms with Gasteiger partial charge in [-0.25, -0.2) is 0 Å². The maximum Gasteiger partial charge on any atom is 0.416 e. The van der Waals surface area contributed by atoms with Gasteiger partial charge in [0, 0.05) is 19.6 Å². The Morgan fingerprint density at radius 1 is 1.24 bits per heavy atom. The van der Waals surface area contributed by atoms with E-state index in [0.717, 1.165) is 38.5 Å². The molecule has 2 N–H and O–H groups in total. The van der Waals surface area contributed by atoms with Crippen LogP contribution in [0.3, 0.4) is 0 Å². The molecule has 0 saturated carbocycles. The van der Waals surface area contributed by atoms with Crippen LogP contribution in [0.5, 0.6) is 5.75 Å². The van der Waals surface area contributed by atoms with Crippen molar-refractivity contribution in [3.63, 3.8) is 0 Å². The maximum atomic E-state index is 13.3. The van der Waals surface area contributed by atoms with Gasteiger partial charge in [-0.05, 0) is 57.1 Å². The van der Waals surface area contributed by atoms with Crippen LogP contribution >= 0.6 is 24.0 Å². The molecule has 1 aromatic rings. The third-order valence-corrected chi connectivity index (χ3v) is 4.68. The summed E-state index contributed by atoms with van der Waals surface area (Å²) < 4.78 is 44.8. The normalized spacial score (nSPS) is 13.1. The molecule has 0 heterocycles. The maximum absolute atomic E-state index is 13.3. The van der Waals surface area contributed by atoms with Crippen molar-refractivity contribution in [2.75, 3.05) is 33.8 Å². The highest BCUT2D eigenvalue weighted by atomic mass is 127. The largest absolute Gasteiger partial charge is 0.497 e. The minimum absolute atomic E-state index is 0. The van der Waals surface area contributed by atoms with Gasteiger partial charge in [-0.1, -0.05) is 19.9 Å². The third-order valence-electron chi connectivity index (χ3n) is 4.68. The number of methoxy groups -OCH3 is 1. The van der Waals surface area contributed by atoms with E-state index in [4.69, 9.17) is 4.74 Å². The molecule has 0 radical (unpaired) electrons. The standard InChI is InChI=1S/C20H33F3N4O.HI/c1-6-27(7-2)12-8-9-15(3)26-19(24-4)25-14-16-10-11-17(28-5)13-18(16)20(21,22)23;/h10-11,13,15H,6-9,12,14H2,1-5H3,(H2,24,25,26);1H. The Morgan fingerprint density at radius 2 is 1.90 bits per heavy atom. The number of alkyl halides is 3. The highest BCUT2D eigenvalue weighted by Crippen LogP contribution is 2.34. The van der Waals surface area contributed by atoms with Gasteiger partial charge in [-0.15, -0.1) is 24.0 Å². The van der Waals surface area contributed by atoms with Gasteiger partial charge in [-0.3, -0.25) is 4.99 Å². The fourth-order valence-electron chi connectivity index (χ4n) is 2.94. The minimum Gasteiger partial charge on any atom is -0.497 e. The molecule has 29 heavy (non-hydrogen) atoms. The lowest BCUT2D eigenvalue weighted by Crippen LogP contribution is -2.42. The lowest BCUT2D eigenvalue weighted by molar-refractivity contribution is -0.138. The lowest BCUT2D eigenvalue weighted by Gasteiger charge is -2.21. The fourth-order valence-corrected chi connectivity index (χ4v) is 2.94. The summed E-state index contributed by atoms with van der Waals surface area (Å²) in [5.41, 5.74) is -0.562. The summed E-state index contributed by atoms with van der Waals surface area (Å²) in [7, 11) is 2.96. The van der Waals surface area contributed by atoms with E-state index in [0.29, 0.717) is 5.96 Å². The Bertz CT molecular complexity index is 622. The van der Waals surface area contributed by atoms with Crippen molar-refractivity contribution in [2.24, 2.45) is 4.99 Å². The molecule has 0 aliphatic heterocycles. The number of benzene rings is 1. The van der Waals surface area contributed by atoms with E-state index >= 15 is 0 Å². The Hall–Kier alpha value is -1.23. The van der Waals surface area contributed by atoms with Crippen LogP contribution in [0.4, 0.5) is 13.2 Å². The summed E-state index contributed by atoms with van der Waals surface area (Å²) >= 11 is 0. The topological polar surface area (TPSA) is 48.9 Å². The van der Waals surface area contributed by atoms with Gasteiger partial charge < -0.3 is 20.3 Å². The zero-order chi connectivity index (χ0) is 21.2. The predicted molar refractivity (Wildman–Crippen MR) is 123 cm³/mol. The summed E-state index contributed by atoms with van der Waals surface area (Å²) in [6.45, 7) is 9.45. The second-order valence-corrected chi connectivity index (χ2v) is 6.66. The van der Waals surface area contributed by atoms with Crippen LogP contribution in [0.2, 0.25) is 0 Å². The van der Waals surface area contributed by atoms with Crippen LogP contribution in [0.15, 0.2) is 23.2 Å². The fraction of sp³-hybridized carbons (Fsp3) is 0.650. The number of rotatable bonds is 10. The van der Waals surface area contributed by atoms with E-state index in [9.17, 15) is 13.2 Å². The van der Waals surface area contributed by atoms with Crippen LogP contribution in [0.1, 0.15) is 44.7 Å². The van der Waals surface area contributed by atoms with Gasteiger partial charge in [0.2, 0.25) is 0 Å². The SMILES string of the molecule is CCN(CC)CCCC(C)NC(=NC)NCc1ccc(OC)cc1C(F)(F)F.I. The monoisotopic (exact) mass is 530 g/mol. The van der Waals surface area contributed by atoms with Crippen molar-refractivity contribution < 1.29 is 17.9 Å². The van der Waals surface area contributed by atoms with Crippen LogP contribution in [0, 0.1) is 0 Å². The summed E-state index contributed by atoms with van der Waals surface area (Å²) in [5, 5.41) is 6.22. The quantitative estimate of drug-likeness (QED) is 0.266. The molecule has 1 unspecified atom stereocenters. The number of ether oxygens (including phenoxy) is 1. The molecule has 0 aromatic heterocycles. The smallest absolute Gasteiger partial charge is 0.416 e. The zero-order valence-corrected chi connectivity index (χ0v) is 20.2. The zero-order valence-electron chi connectivity index (χ0n) is 17.9. The molecule has 168 valence electrons. The van der Waals surface area contributed by atoms with Gasteiger partial charge in [0.1, 0.15) is 5.75 Å². The first kappa shape index (κ1) is 27.8. The molecular formula is C20H34F3IN4O. The number of aliphatic imine (C=N–C) groups is 1. The molecule has 1 atom stereocenters. The van der Waals surface area contributed by atoms with Crippen molar-refractivity contribution in [1.29, 1.82) is 0 Å². The van der Waals surface area contributed by atoms with E-state index in [2.05, 4.69) is 34.4 Å². The van der Waals surface area contributed by atoms with Crippen molar-refractivity contribution in [3.05, 3.63) is 29.3 Å².